The Morgan fingerprint density at radius 1 is 1.27 bits per heavy atom. The number of ether oxygens (including phenoxy) is 1. The molecule has 2 unspecified atom stereocenters. The van der Waals surface area contributed by atoms with Gasteiger partial charge in [-0.1, -0.05) is 6.42 Å². The SMILES string of the molecule is CC(=O)c1ccc2c(c1)C(N1CCCCC1)C(O)C(C)(C)O2. The number of carbonyl (C=O) groups is 1. The van der Waals surface area contributed by atoms with Crippen LogP contribution in [0.3, 0.4) is 0 Å². The van der Waals surface area contributed by atoms with E-state index in [4.69, 9.17) is 4.74 Å². The minimum atomic E-state index is -0.632. The second-order valence-corrected chi connectivity index (χ2v) is 7.00. The minimum absolute atomic E-state index is 0.0412. The van der Waals surface area contributed by atoms with Crippen LogP contribution in [0.4, 0.5) is 0 Å². The summed E-state index contributed by atoms with van der Waals surface area (Å²) in [6.45, 7) is 7.40. The molecule has 1 saturated heterocycles. The van der Waals surface area contributed by atoms with Crippen LogP contribution in [0.1, 0.15) is 62.0 Å². The van der Waals surface area contributed by atoms with Crippen molar-refractivity contribution in [2.45, 2.75) is 57.8 Å². The molecule has 2 aliphatic heterocycles. The average molecular weight is 303 g/mol. The molecule has 0 spiro atoms. The fraction of sp³-hybridized carbons (Fsp3) is 0.611. The van der Waals surface area contributed by atoms with Gasteiger partial charge in [0, 0.05) is 11.1 Å². The number of rotatable bonds is 2. The smallest absolute Gasteiger partial charge is 0.159 e. The molecule has 1 aromatic rings. The second-order valence-electron chi connectivity index (χ2n) is 7.00. The number of carbonyl (C=O) groups excluding carboxylic acids is 1. The van der Waals surface area contributed by atoms with Crippen molar-refractivity contribution in [2.24, 2.45) is 0 Å². The van der Waals surface area contributed by atoms with Crippen LogP contribution in [0.25, 0.3) is 0 Å². The van der Waals surface area contributed by atoms with Crippen LogP contribution in [0.15, 0.2) is 18.2 Å². The Morgan fingerprint density at radius 3 is 2.59 bits per heavy atom. The standard InChI is InChI=1S/C18H25NO3/c1-12(20)13-7-8-15-14(11-13)16(17(21)18(2,3)22-15)19-9-5-4-6-10-19/h7-8,11,16-17,21H,4-6,9-10H2,1-3H3. The van der Waals surface area contributed by atoms with Crippen molar-refractivity contribution in [1.82, 2.24) is 4.90 Å². The lowest BCUT2D eigenvalue weighted by Crippen LogP contribution is -2.54. The van der Waals surface area contributed by atoms with Crippen molar-refractivity contribution < 1.29 is 14.6 Å². The molecule has 1 fully saturated rings. The monoisotopic (exact) mass is 303 g/mol. The zero-order valence-electron chi connectivity index (χ0n) is 13.6. The summed E-state index contributed by atoms with van der Waals surface area (Å²) < 4.78 is 6.00. The van der Waals surface area contributed by atoms with Crippen LogP contribution in [0.5, 0.6) is 5.75 Å². The Labute approximate surface area is 132 Å². The van der Waals surface area contributed by atoms with Crippen molar-refractivity contribution in [3.63, 3.8) is 0 Å². The van der Waals surface area contributed by atoms with Crippen LogP contribution >= 0.6 is 0 Å². The molecule has 0 saturated carbocycles. The summed E-state index contributed by atoms with van der Waals surface area (Å²) in [5.41, 5.74) is 0.991. The highest BCUT2D eigenvalue weighted by atomic mass is 16.5. The van der Waals surface area contributed by atoms with Gasteiger partial charge in [0.25, 0.3) is 0 Å². The lowest BCUT2D eigenvalue weighted by molar-refractivity contribution is -0.0961. The molecular weight excluding hydrogens is 278 g/mol. The zero-order valence-corrected chi connectivity index (χ0v) is 13.6. The average Bonchev–Trinajstić information content (AvgIpc) is 2.48. The van der Waals surface area contributed by atoms with Crippen LogP contribution in [0.2, 0.25) is 0 Å². The molecule has 0 radical (unpaired) electrons. The predicted molar refractivity (Wildman–Crippen MR) is 85.3 cm³/mol. The Kier molecular flexibility index (Phi) is 4.00. The first-order valence-corrected chi connectivity index (χ1v) is 8.16. The highest BCUT2D eigenvalue weighted by molar-refractivity contribution is 5.94. The van der Waals surface area contributed by atoms with E-state index in [-0.39, 0.29) is 11.8 Å². The molecule has 2 atom stereocenters. The Balaban J connectivity index is 2.06. The Hall–Kier alpha value is -1.39. The summed E-state index contributed by atoms with van der Waals surface area (Å²) in [5.74, 6) is 0.829. The first-order valence-electron chi connectivity index (χ1n) is 8.16. The molecule has 1 aromatic carbocycles. The minimum Gasteiger partial charge on any atom is -0.485 e. The number of nitrogens with zero attached hydrogens (tertiary/aromatic N) is 1. The summed E-state index contributed by atoms with van der Waals surface area (Å²) in [5, 5.41) is 10.9. The highest BCUT2D eigenvalue weighted by Gasteiger charge is 2.45. The predicted octanol–water partition coefficient (Wildman–Crippen LogP) is 2.95. The van der Waals surface area contributed by atoms with E-state index in [9.17, 15) is 9.90 Å². The number of aliphatic hydroxyl groups is 1. The number of fused-ring (bicyclic) bond motifs is 1. The van der Waals surface area contributed by atoms with Crippen LogP contribution in [0, 0.1) is 0 Å². The number of hydrogen-bond donors (Lipinski definition) is 1. The maximum Gasteiger partial charge on any atom is 0.159 e. The zero-order chi connectivity index (χ0) is 15.9. The van der Waals surface area contributed by atoms with Gasteiger partial charge >= 0.3 is 0 Å². The van der Waals surface area contributed by atoms with Crippen LogP contribution in [-0.2, 0) is 0 Å². The molecule has 2 heterocycles. The number of piperidine rings is 1. The van der Waals surface area contributed by atoms with Gasteiger partial charge in [-0.2, -0.15) is 0 Å². The van der Waals surface area contributed by atoms with Gasteiger partial charge in [-0.3, -0.25) is 9.69 Å². The van der Waals surface area contributed by atoms with Gasteiger partial charge in [-0.25, -0.2) is 0 Å². The van der Waals surface area contributed by atoms with E-state index in [0.29, 0.717) is 5.56 Å². The van der Waals surface area contributed by atoms with Crippen molar-refractivity contribution in [3.05, 3.63) is 29.3 Å². The van der Waals surface area contributed by atoms with E-state index < -0.39 is 11.7 Å². The van der Waals surface area contributed by atoms with E-state index in [1.54, 1.807) is 6.92 Å². The molecular formula is C18H25NO3. The quantitative estimate of drug-likeness (QED) is 0.853. The molecule has 4 nitrogen and oxygen atoms in total. The first-order chi connectivity index (χ1) is 10.4. The number of hydrogen-bond acceptors (Lipinski definition) is 4. The van der Waals surface area contributed by atoms with Crippen molar-refractivity contribution >= 4 is 5.78 Å². The molecule has 0 aromatic heterocycles. The summed E-state index contributed by atoms with van der Waals surface area (Å²) >= 11 is 0. The van der Waals surface area contributed by atoms with Gasteiger partial charge in [-0.15, -0.1) is 0 Å². The molecule has 1 N–H and O–H groups in total. The first kappa shape index (κ1) is 15.5. The molecule has 0 bridgehead atoms. The summed E-state index contributed by atoms with van der Waals surface area (Å²) in [6, 6.07) is 5.48. The van der Waals surface area contributed by atoms with Gasteiger partial charge in [0.1, 0.15) is 17.5 Å². The van der Waals surface area contributed by atoms with E-state index in [1.165, 1.54) is 6.42 Å². The Bertz CT molecular complexity index is 576. The van der Waals surface area contributed by atoms with Gasteiger partial charge in [0.15, 0.2) is 5.78 Å². The molecule has 0 aliphatic carbocycles. The number of Topliss-reactive ketones (excluding diaryl/α,β-unsaturated/α-hetero) is 1. The lowest BCUT2D eigenvalue weighted by Gasteiger charge is -2.47. The van der Waals surface area contributed by atoms with Gasteiger partial charge in [-0.05, 0) is 64.9 Å². The molecule has 22 heavy (non-hydrogen) atoms. The van der Waals surface area contributed by atoms with Gasteiger partial charge in [0.05, 0.1) is 6.04 Å². The van der Waals surface area contributed by atoms with Crippen molar-refractivity contribution in [2.75, 3.05) is 13.1 Å². The Morgan fingerprint density at radius 2 is 1.95 bits per heavy atom. The third-order valence-corrected chi connectivity index (χ3v) is 4.90. The number of benzene rings is 1. The van der Waals surface area contributed by atoms with E-state index >= 15 is 0 Å². The maximum atomic E-state index is 11.7. The number of likely N-dealkylation sites (tertiary alicyclic amines) is 1. The third kappa shape index (κ3) is 2.66. The van der Waals surface area contributed by atoms with Crippen LogP contribution < -0.4 is 4.74 Å². The third-order valence-electron chi connectivity index (χ3n) is 4.90. The normalized spacial score (nSPS) is 27.8. The lowest BCUT2D eigenvalue weighted by atomic mass is 9.84. The molecule has 2 aliphatic rings. The van der Waals surface area contributed by atoms with Crippen molar-refractivity contribution in [1.29, 1.82) is 0 Å². The van der Waals surface area contributed by atoms with Crippen molar-refractivity contribution in [3.8, 4) is 5.75 Å². The molecule has 4 heteroatoms. The maximum absolute atomic E-state index is 11.7. The van der Waals surface area contributed by atoms with Crippen LogP contribution in [-0.4, -0.2) is 40.6 Å². The largest absolute Gasteiger partial charge is 0.485 e. The fourth-order valence-corrected chi connectivity index (χ4v) is 3.58. The summed E-state index contributed by atoms with van der Waals surface area (Å²) in [4.78, 5) is 14.1. The molecule has 0 amide bonds. The van der Waals surface area contributed by atoms with Gasteiger partial charge in [0.2, 0.25) is 0 Å². The highest BCUT2D eigenvalue weighted by Crippen LogP contribution is 2.43. The molecule has 120 valence electrons. The van der Waals surface area contributed by atoms with E-state index in [2.05, 4.69) is 4.90 Å². The number of aliphatic hydroxyl groups excluding tert-OH is 1. The van der Waals surface area contributed by atoms with E-state index in [1.807, 2.05) is 32.0 Å². The molecule has 3 rings (SSSR count). The summed E-state index contributed by atoms with van der Waals surface area (Å²) in [6.07, 6.45) is 2.96. The fourth-order valence-electron chi connectivity index (χ4n) is 3.58. The number of ketones is 1. The van der Waals surface area contributed by atoms with E-state index in [0.717, 1.165) is 37.2 Å². The second kappa shape index (κ2) is 5.67. The summed E-state index contributed by atoms with van der Waals surface area (Å²) in [7, 11) is 0. The topological polar surface area (TPSA) is 49.8 Å². The van der Waals surface area contributed by atoms with Gasteiger partial charge < -0.3 is 9.84 Å².